The summed E-state index contributed by atoms with van der Waals surface area (Å²) in [6.45, 7) is 0. The minimum absolute atomic E-state index is 0.531. The maximum atomic E-state index is 4.95. The van der Waals surface area contributed by atoms with E-state index in [1.165, 1.54) is 22.4 Å². The number of nitrogens with one attached hydrogen (secondary N) is 2. The first kappa shape index (κ1) is 14.7. The highest BCUT2D eigenvalue weighted by atomic mass is 32.1. The Morgan fingerprint density at radius 1 is 0.938 bits per heavy atom. The number of hydrogen-bond donors (Lipinski definition) is 2. The summed E-state index contributed by atoms with van der Waals surface area (Å²) in [5.41, 5.74) is 0. The van der Waals surface area contributed by atoms with E-state index in [1.54, 1.807) is 28.2 Å². The molecule has 8 heteroatoms. The Hall–Kier alpha value is -1.28. The summed E-state index contributed by atoms with van der Waals surface area (Å²) >= 11 is 9.91. The van der Waals surface area contributed by atoms with Crippen LogP contribution in [-0.2, 0) is 0 Å². The Labute approximate surface area is 106 Å². The van der Waals surface area contributed by atoms with Gasteiger partial charge in [-0.3, -0.25) is 0 Å². The van der Waals surface area contributed by atoms with Crippen LogP contribution in [0.2, 0.25) is 0 Å². The lowest BCUT2D eigenvalue weighted by atomic mass is 10.8. The number of thiocarbonyl (C=S) groups is 2. The molecule has 0 aliphatic carbocycles. The van der Waals surface area contributed by atoms with Gasteiger partial charge in [0.1, 0.15) is 0 Å². The third kappa shape index (κ3) is 5.56. The number of hydrazone groups is 2. The molecule has 90 valence electrons. The molecular weight excluding hydrogens is 244 g/mol. The lowest BCUT2D eigenvalue weighted by molar-refractivity contribution is 0.536. The van der Waals surface area contributed by atoms with Crippen LogP contribution in [0.3, 0.4) is 0 Å². The molecule has 0 spiro atoms. The minimum atomic E-state index is 0.531. The van der Waals surface area contributed by atoms with E-state index in [0.717, 1.165) is 0 Å². The van der Waals surface area contributed by atoms with Crippen molar-refractivity contribution >= 4 is 47.1 Å². The molecule has 0 rings (SSSR count). The van der Waals surface area contributed by atoms with Gasteiger partial charge >= 0.3 is 0 Å². The van der Waals surface area contributed by atoms with Crippen molar-refractivity contribution in [3.8, 4) is 0 Å². The predicted octanol–water partition coefficient (Wildman–Crippen LogP) is -0.170. The van der Waals surface area contributed by atoms with Gasteiger partial charge in [-0.05, 0) is 24.4 Å². The molecule has 0 aromatic rings. The van der Waals surface area contributed by atoms with Crippen LogP contribution in [0.5, 0.6) is 0 Å². The molecule has 0 fully saturated rings. The van der Waals surface area contributed by atoms with Crippen molar-refractivity contribution in [3.63, 3.8) is 0 Å². The lowest BCUT2D eigenvalue weighted by Crippen LogP contribution is -2.31. The first-order valence-electron chi connectivity index (χ1n) is 4.50. The zero-order chi connectivity index (χ0) is 12.6. The van der Waals surface area contributed by atoms with Crippen LogP contribution in [0.15, 0.2) is 10.2 Å². The number of rotatable bonds is 3. The standard InChI is InChI=1S/C8H16N6S2/c1-9-7(15)13(3)11-5-6-12-14(4)8(16)10-2/h5-6H,1-4H3,(H,9,15)(H,10,16). The summed E-state index contributed by atoms with van der Waals surface area (Å²) in [6.07, 6.45) is 3.05. The van der Waals surface area contributed by atoms with Gasteiger partial charge in [0.05, 0.1) is 12.4 Å². The Balaban J connectivity index is 4.13. The third-order valence-electron chi connectivity index (χ3n) is 1.56. The van der Waals surface area contributed by atoms with Crippen molar-refractivity contribution in [1.82, 2.24) is 20.7 Å². The van der Waals surface area contributed by atoms with Crippen molar-refractivity contribution in [2.75, 3.05) is 28.2 Å². The van der Waals surface area contributed by atoms with Gasteiger partial charge in [0.2, 0.25) is 0 Å². The van der Waals surface area contributed by atoms with E-state index in [0.29, 0.717) is 10.2 Å². The highest BCUT2D eigenvalue weighted by molar-refractivity contribution is 7.80. The average Bonchev–Trinajstić information content (AvgIpc) is 2.31. The fourth-order valence-electron chi connectivity index (χ4n) is 0.688. The SMILES string of the molecule is CNC(=S)N(C)N=CC=NN(C)C(=S)NC. The molecule has 0 saturated heterocycles. The molecule has 0 unspecified atom stereocenters. The van der Waals surface area contributed by atoms with Crippen molar-refractivity contribution in [3.05, 3.63) is 0 Å². The second-order valence-electron chi connectivity index (χ2n) is 2.69. The van der Waals surface area contributed by atoms with E-state index in [9.17, 15) is 0 Å². The third-order valence-corrected chi connectivity index (χ3v) is 2.50. The van der Waals surface area contributed by atoms with Crippen molar-refractivity contribution in [2.24, 2.45) is 10.2 Å². The van der Waals surface area contributed by atoms with Gasteiger partial charge in [-0.2, -0.15) is 10.2 Å². The van der Waals surface area contributed by atoms with Gasteiger partial charge in [0.15, 0.2) is 10.2 Å². The largest absolute Gasteiger partial charge is 0.364 e. The van der Waals surface area contributed by atoms with E-state index in [-0.39, 0.29) is 0 Å². The molecule has 6 nitrogen and oxygen atoms in total. The Morgan fingerprint density at radius 3 is 1.50 bits per heavy atom. The van der Waals surface area contributed by atoms with Crippen molar-refractivity contribution in [2.45, 2.75) is 0 Å². The first-order valence-corrected chi connectivity index (χ1v) is 5.32. The second kappa shape index (κ2) is 7.94. The van der Waals surface area contributed by atoms with Crippen LogP contribution in [-0.4, -0.2) is 60.9 Å². The molecule has 0 aromatic carbocycles. The molecule has 0 atom stereocenters. The number of nitrogens with zero attached hydrogens (tertiary/aromatic N) is 4. The molecular formula is C8H16N6S2. The summed E-state index contributed by atoms with van der Waals surface area (Å²) in [4.78, 5) is 0. The molecule has 0 heterocycles. The topological polar surface area (TPSA) is 55.3 Å². The Bertz CT molecular complexity index is 271. The van der Waals surface area contributed by atoms with Crippen LogP contribution in [0.1, 0.15) is 0 Å². The summed E-state index contributed by atoms with van der Waals surface area (Å²) in [6, 6.07) is 0. The van der Waals surface area contributed by atoms with Crippen molar-refractivity contribution < 1.29 is 0 Å². The molecule has 16 heavy (non-hydrogen) atoms. The van der Waals surface area contributed by atoms with Crippen LogP contribution < -0.4 is 10.6 Å². The second-order valence-corrected chi connectivity index (χ2v) is 3.46. The van der Waals surface area contributed by atoms with E-state index in [2.05, 4.69) is 20.8 Å². The highest BCUT2D eigenvalue weighted by Crippen LogP contribution is 1.85. The van der Waals surface area contributed by atoms with Gasteiger partial charge < -0.3 is 10.6 Å². The maximum absolute atomic E-state index is 4.95. The molecule has 0 radical (unpaired) electrons. The van der Waals surface area contributed by atoms with E-state index >= 15 is 0 Å². The monoisotopic (exact) mass is 260 g/mol. The van der Waals surface area contributed by atoms with Gasteiger partial charge in [0.25, 0.3) is 0 Å². The predicted molar refractivity (Wildman–Crippen MR) is 75.8 cm³/mol. The quantitative estimate of drug-likeness (QED) is 0.417. The summed E-state index contributed by atoms with van der Waals surface area (Å²) in [5.74, 6) is 0. The van der Waals surface area contributed by atoms with Crippen LogP contribution in [0.4, 0.5) is 0 Å². The molecule has 0 aromatic heterocycles. The zero-order valence-electron chi connectivity index (χ0n) is 9.76. The van der Waals surface area contributed by atoms with Crippen LogP contribution in [0.25, 0.3) is 0 Å². The smallest absolute Gasteiger partial charge is 0.189 e. The molecule has 0 aliphatic heterocycles. The van der Waals surface area contributed by atoms with Gasteiger partial charge in [0, 0.05) is 28.2 Å². The highest BCUT2D eigenvalue weighted by Gasteiger charge is 1.97. The summed E-state index contributed by atoms with van der Waals surface area (Å²) in [7, 11) is 6.96. The van der Waals surface area contributed by atoms with E-state index in [4.69, 9.17) is 24.4 Å². The molecule has 2 N–H and O–H groups in total. The normalized spacial score (nSPS) is 10.5. The average molecular weight is 260 g/mol. The van der Waals surface area contributed by atoms with Crippen LogP contribution in [0, 0.1) is 0 Å². The fourth-order valence-corrected chi connectivity index (χ4v) is 0.782. The maximum Gasteiger partial charge on any atom is 0.189 e. The molecule has 0 bridgehead atoms. The first-order chi connectivity index (χ1) is 7.52. The molecule has 0 saturated carbocycles. The Morgan fingerprint density at radius 2 is 1.25 bits per heavy atom. The Kier molecular flexibility index (Phi) is 7.31. The van der Waals surface area contributed by atoms with Gasteiger partial charge in [-0.1, -0.05) is 0 Å². The lowest BCUT2D eigenvalue weighted by Gasteiger charge is -2.13. The minimum Gasteiger partial charge on any atom is -0.364 e. The zero-order valence-corrected chi connectivity index (χ0v) is 11.4. The van der Waals surface area contributed by atoms with Gasteiger partial charge in [-0.15, -0.1) is 0 Å². The number of hydrogen-bond acceptors (Lipinski definition) is 4. The van der Waals surface area contributed by atoms with E-state index in [1.807, 2.05) is 0 Å². The summed E-state index contributed by atoms with van der Waals surface area (Å²) < 4.78 is 0. The molecule has 0 amide bonds. The molecule has 0 aliphatic rings. The summed E-state index contributed by atoms with van der Waals surface area (Å²) in [5, 5.41) is 17.7. The van der Waals surface area contributed by atoms with Crippen LogP contribution >= 0.6 is 24.4 Å². The van der Waals surface area contributed by atoms with Crippen molar-refractivity contribution in [1.29, 1.82) is 0 Å². The van der Waals surface area contributed by atoms with Gasteiger partial charge in [-0.25, -0.2) is 10.0 Å². The van der Waals surface area contributed by atoms with E-state index < -0.39 is 0 Å². The fraction of sp³-hybridized carbons (Fsp3) is 0.500.